The minimum Gasteiger partial charge on any atom is -0.310 e. The number of aromatic nitrogens is 1. The summed E-state index contributed by atoms with van der Waals surface area (Å²) in [6.07, 6.45) is -3.41. The van der Waals surface area contributed by atoms with E-state index in [2.05, 4.69) is 10.3 Å². The Labute approximate surface area is 119 Å². The van der Waals surface area contributed by atoms with E-state index in [1.54, 1.807) is 18.2 Å². The van der Waals surface area contributed by atoms with Crippen LogP contribution in [0.15, 0.2) is 18.2 Å². The number of hydrogen-bond acceptors (Lipinski definition) is 2. The van der Waals surface area contributed by atoms with Crippen LogP contribution in [0.3, 0.4) is 0 Å². The number of alkyl halides is 3. The molecule has 1 aliphatic carbocycles. The average molecular weight is 307 g/mol. The molecule has 1 fully saturated rings. The van der Waals surface area contributed by atoms with Crippen LogP contribution in [0.4, 0.5) is 19.0 Å². The van der Waals surface area contributed by atoms with Gasteiger partial charge in [0, 0.05) is 5.92 Å². The van der Waals surface area contributed by atoms with Crippen LogP contribution in [0.1, 0.15) is 25.7 Å². The quantitative estimate of drug-likeness (QED) is 0.838. The molecule has 0 aromatic carbocycles. The van der Waals surface area contributed by atoms with Gasteiger partial charge < -0.3 is 5.32 Å². The summed E-state index contributed by atoms with van der Waals surface area (Å²) in [5.41, 5.74) is 0. The Kier molecular flexibility index (Phi) is 4.52. The topological polar surface area (TPSA) is 42.0 Å². The smallest absolute Gasteiger partial charge is 0.310 e. The minimum absolute atomic E-state index is 0.0999. The normalized spacial score (nSPS) is 23.4. The minimum atomic E-state index is -4.23. The summed E-state index contributed by atoms with van der Waals surface area (Å²) in [7, 11) is 0. The van der Waals surface area contributed by atoms with E-state index < -0.39 is 23.9 Å². The van der Waals surface area contributed by atoms with Crippen molar-refractivity contribution in [3.63, 3.8) is 0 Å². The number of amides is 1. The third-order valence-electron chi connectivity index (χ3n) is 3.47. The number of rotatable bonds is 2. The van der Waals surface area contributed by atoms with E-state index >= 15 is 0 Å². The number of nitrogens with zero attached hydrogens (tertiary/aromatic N) is 1. The maximum absolute atomic E-state index is 12.7. The number of halogens is 4. The molecule has 0 spiro atoms. The van der Waals surface area contributed by atoms with Gasteiger partial charge in [0.05, 0.1) is 5.92 Å². The lowest BCUT2D eigenvalue weighted by Crippen LogP contribution is -2.34. The van der Waals surface area contributed by atoms with Gasteiger partial charge in [0.2, 0.25) is 5.91 Å². The van der Waals surface area contributed by atoms with Gasteiger partial charge in [0.1, 0.15) is 11.0 Å². The number of carbonyl (C=O) groups is 1. The molecule has 2 rings (SSSR count). The van der Waals surface area contributed by atoms with Crippen molar-refractivity contribution in [2.45, 2.75) is 31.9 Å². The molecule has 20 heavy (non-hydrogen) atoms. The van der Waals surface area contributed by atoms with E-state index in [4.69, 9.17) is 11.6 Å². The SMILES string of the molecule is O=C(Nc1cccc(Cl)n1)C1CCCC(C(F)(F)F)C1. The fourth-order valence-corrected chi connectivity index (χ4v) is 2.60. The third-order valence-corrected chi connectivity index (χ3v) is 3.68. The van der Waals surface area contributed by atoms with Crippen LogP contribution in [-0.4, -0.2) is 17.1 Å². The van der Waals surface area contributed by atoms with Crippen LogP contribution in [0, 0.1) is 11.8 Å². The predicted octanol–water partition coefficient (Wildman–Crippen LogP) is 4.04. The van der Waals surface area contributed by atoms with Crippen molar-refractivity contribution in [1.29, 1.82) is 0 Å². The molecule has 0 saturated heterocycles. The lowest BCUT2D eigenvalue weighted by atomic mass is 9.80. The van der Waals surface area contributed by atoms with Crippen LogP contribution >= 0.6 is 11.6 Å². The summed E-state index contributed by atoms with van der Waals surface area (Å²) in [6.45, 7) is 0. The number of anilines is 1. The second-order valence-electron chi connectivity index (χ2n) is 4.94. The van der Waals surface area contributed by atoms with Crippen molar-refractivity contribution < 1.29 is 18.0 Å². The molecule has 0 bridgehead atoms. The molecule has 3 nitrogen and oxygen atoms in total. The molecule has 2 atom stereocenters. The van der Waals surface area contributed by atoms with Gasteiger partial charge in [-0.25, -0.2) is 4.98 Å². The lowest BCUT2D eigenvalue weighted by molar-refractivity contribution is -0.185. The lowest BCUT2D eigenvalue weighted by Gasteiger charge is -2.29. The number of pyridine rings is 1. The molecule has 1 aromatic heterocycles. The van der Waals surface area contributed by atoms with Gasteiger partial charge in [-0.05, 0) is 31.4 Å². The first-order valence-electron chi connectivity index (χ1n) is 6.36. The van der Waals surface area contributed by atoms with Crippen molar-refractivity contribution >= 4 is 23.3 Å². The highest BCUT2D eigenvalue weighted by molar-refractivity contribution is 6.29. The van der Waals surface area contributed by atoms with Gasteiger partial charge in [0.15, 0.2) is 0 Å². The summed E-state index contributed by atoms with van der Waals surface area (Å²) in [5.74, 6) is -2.18. The summed E-state index contributed by atoms with van der Waals surface area (Å²) in [5, 5.41) is 2.74. The van der Waals surface area contributed by atoms with Gasteiger partial charge in [-0.15, -0.1) is 0 Å². The maximum atomic E-state index is 12.7. The predicted molar refractivity (Wildman–Crippen MR) is 69.4 cm³/mol. The van der Waals surface area contributed by atoms with E-state index in [1.807, 2.05) is 0 Å². The Morgan fingerprint density at radius 2 is 2.10 bits per heavy atom. The summed E-state index contributed by atoms with van der Waals surface area (Å²) < 4.78 is 38.1. The highest BCUT2D eigenvalue weighted by Gasteiger charge is 2.43. The zero-order chi connectivity index (χ0) is 14.8. The van der Waals surface area contributed by atoms with Crippen molar-refractivity contribution in [2.24, 2.45) is 11.8 Å². The van der Waals surface area contributed by atoms with E-state index in [0.29, 0.717) is 12.8 Å². The summed E-state index contributed by atoms with van der Waals surface area (Å²) >= 11 is 5.69. The molecule has 1 saturated carbocycles. The number of nitrogens with one attached hydrogen (secondary N) is 1. The molecule has 2 unspecified atom stereocenters. The van der Waals surface area contributed by atoms with Gasteiger partial charge in [-0.2, -0.15) is 13.2 Å². The third kappa shape index (κ3) is 3.85. The fourth-order valence-electron chi connectivity index (χ4n) is 2.43. The molecular weight excluding hydrogens is 293 g/mol. The fraction of sp³-hybridized carbons (Fsp3) is 0.538. The zero-order valence-corrected chi connectivity index (χ0v) is 11.3. The molecule has 0 aliphatic heterocycles. The van der Waals surface area contributed by atoms with Crippen LogP contribution < -0.4 is 5.32 Å². The molecule has 1 aromatic rings. The van der Waals surface area contributed by atoms with Crippen LogP contribution in [0.25, 0.3) is 0 Å². The van der Waals surface area contributed by atoms with Crippen molar-refractivity contribution in [1.82, 2.24) is 4.98 Å². The first-order valence-corrected chi connectivity index (χ1v) is 6.74. The van der Waals surface area contributed by atoms with Crippen molar-refractivity contribution in [2.75, 3.05) is 5.32 Å². The van der Waals surface area contributed by atoms with E-state index in [9.17, 15) is 18.0 Å². The molecule has 7 heteroatoms. The molecule has 1 heterocycles. The molecule has 1 N–H and O–H groups in total. The van der Waals surface area contributed by atoms with Gasteiger partial charge in [-0.3, -0.25) is 4.79 Å². The van der Waals surface area contributed by atoms with E-state index in [0.717, 1.165) is 0 Å². The van der Waals surface area contributed by atoms with E-state index in [-0.39, 0.29) is 23.8 Å². The average Bonchev–Trinajstić information content (AvgIpc) is 2.38. The van der Waals surface area contributed by atoms with Gasteiger partial charge >= 0.3 is 6.18 Å². The first-order chi connectivity index (χ1) is 9.36. The summed E-state index contributed by atoms with van der Waals surface area (Å²) in [6, 6.07) is 4.72. The Morgan fingerprint density at radius 3 is 2.75 bits per heavy atom. The monoisotopic (exact) mass is 306 g/mol. The second-order valence-corrected chi connectivity index (χ2v) is 5.32. The molecule has 1 aliphatic rings. The number of carbonyl (C=O) groups excluding carboxylic acids is 1. The largest absolute Gasteiger partial charge is 0.391 e. The standard InChI is InChI=1S/C13H14ClF3N2O/c14-10-5-2-6-11(18-10)19-12(20)8-3-1-4-9(7-8)13(15,16)17/h2,5-6,8-9H,1,3-4,7H2,(H,18,19,20). The van der Waals surface area contributed by atoms with Crippen LogP contribution in [0.5, 0.6) is 0 Å². The Hall–Kier alpha value is -1.30. The Bertz CT molecular complexity index is 493. The van der Waals surface area contributed by atoms with E-state index in [1.165, 1.54) is 0 Å². The van der Waals surface area contributed by atoms with Gasteiger partial charge in [0.25, 0.3) is 0 Å². The maximum Gasteiger partial charge on any atom is 0.391 e. The molecular formula is C13H14ClF3N2O. The Balaban J connectivity index is 1.99. The summed E-state index contributed by atoms with van der Waals surface area (Å²) in [4.78, 5) is 15.9. The molecule has 1 amide bonds. The van der Waals surface area contributed by atoms with Crippen LogP contribution in [-0.2, 0) is 4.79 Å². The van der Waals surface area contributed by atoms with Crippen molar-refractivity contribution in [3.05, 3.63) is 23.4 Å². The molecule has 110 valence electrons. The first kappa shape index (κ1) is 15.1. The van der Waals surface area contributed by atoms with Gasteiger partial charge in [-0.1, -0.05) is 24.1 Å². The molecule has 0 radical (unpaired) electrons. The highest BCUT2D eigenvalue weighted by Crippen LogP contribution is 2.40. The Morgan fingerprint density at radius 1 is 1.35 bits per heavy atom. The van der Waals surface area contributed by atoms with Crippen LogP contribution in [0.2, 0.25) is 5.15 Å². The second kappa shape index (κ2) is 5.99. The highest BCUT2D eigenvalue weighted by atomic mass is 35.5. The number of hydrogen-bond donors (Lipinski definition) is 1. The van der Waals surface area contributed by atoms with Crippen molar-refractivity contribution in [3.8, 4) is 0 Å². The zero-order valence-electron chi connectivity index (χ0n) is 10.6.